The second kappa shape index (κ2) is 7.25. The number of halogens is 1. The van der Waals surface area contributed by atoms with Gasteiger partial charge in [-0.25, -0.2) is 9.18 Å². The van der Waals surface area contributed by atoms with E-state index in [-0.39, 0.29) is 5.69 Å². The van der Waals surface area contributed by atoms with E-state index in [0.29, 0.717) is 5.56 Å². The molecule has 0 unspecified atom stereocenters. The van der Waals surface area contributed by atoms with Crippen LogP contribution >= 0.6 is 0 Å². The number of benzene rings is 2. The molecule has 0 aliphatic heterocycles. The molecule has 0 bridgehead atoms. The van der Waals surface area contributed by atoms with Crippen LogP contribution in [0.4, 0.5) is 10.1 Å². The zero-order valence-corrected chi connectivity index (χ0v) is 14.2. The van der Waals surface area contributed by atoms with Gasteiger partial charge in [-0.2, -0.15) is 0 Å². The number of ether oxygens (including phenoxy) is 1. The maximum atomic E-state index is 13.7. The molecule has 24 heavy (non-hydrogen) atoms. The monoisotopic (exact) mass is 329 g/mol. The Morgan fingerprint density at radius 3 is 2.21 bits per heavy atom. The Morgan fingerprint density at radius 1 is 1.00 bits per heavy atom. The molecule has 0 aliphatic rings. The van der Waals surface area contributed by atoms with Gasteiger partial charge in [0.1, 0.15) is 5.82 Å². The smallest absolute Gasteiger partial charge is 0.339 e. The minimum absolute atomic E-state index is 0.0596. The summed E-state index contributed by atoms with van der Waals surface area (Å²) < 4.78 is 18.7. The Balaban J connectivity index is 2.00. The molecule has 0 saturated heterocycles. The predicted molar refractivity (Wildman–Crippen MR) is 90.7 cm³/mol. The van der Waals surface area contributed by atoms with Crippen molar-refractivity contribution < 1.29 is 18.7 Å². The second-order valence-electron chi connectivity index (χ2n) is 5.88. The summed E-state index contributed by atoms with van der Waals surface area (Å²) in [7, 11) is 0. The van der Waals surface area contributed by atoms with Crippen molar-refractivity contribution in [3.05, 3.63) is 64.0 Å². The zero-order valence-electron chi connectivity index (χ0n) is 14.2. The van der Waals surface area contributed by atoms with Crippen molar-refractivity contribution in [1.29, 1.82) is 0 Å². The first-order chi connectivity index (χ1) is 11.3. The average molecular weight is 329 g/mol. The molecule has 1 amide bonds. The molecule has 5 heteroatoms. The largest absolute Gasteiger partial charge is 0.452 e. The standard InChI is InChI=1S/C19H20FNO3/c1-11-5-6-16(15(20)9-11)21-17(22)10-24-19(23)18-13(3)7-12(2)8-14(18)4/h5-9H,10H2,1-4H3,(H,21,22). The molecule has 1 N–H and O–H groups in total. The molecule has 2 aromatic rings. The molecule has 0 fully saturated rings. The fourth-order valence-electron chi connectivity index (χ4n) is 2.61. The summed E-state index contributed by atoms with van der Waals surface area (Å²) in [5.41, 5.74) is 3.90. The first-order valence-corrected chi connectivity index (χ1v) is 7.59. The molecule has 126 valence electrons. The van der Waals surface area contributed by atoms with Crippen molar-refractivity contribution in [3.63, 3.8) is 0 Å². The maximum Gasteiger partial charge on any atom is 0.339 e. The summed E-state index contributed by atoms with van der Waals surface area (Å²) in [5, 5.41) is 2.39. The third-order valence-corrected chi connectivity index (χ3v) is 3.61. The van der Waals surface area contributed by atoms with E-state index in [9.17, 15) is 14.0 Å². The number of carbonyl (C=O) groups excluding carboxylic acids is 2. The summed E-state index contributed by atoms with van der Waals surface area (Å²) in [4.78, 5) is 24.0. The fourth-order valence-corrected chi connectivity index (χ4v) is 2.61. The number of aryl methyl sites for hydroxylation is 4. The molecule has 2 aromatic carbocycles. The fraction of sp³-hybridized carbons (Fsp3) is 0.263. The summed E-state index contributed by atoms with van der Waals surface area (Å²) in [6.45, 7) is 6.86. The Labute approximate surface area is 140 Å². The van der Waals surface area contributed by atoms with E-state index >= 15 is 0 Å². The number of amides is 1. The molecule has 0 heterocycles. The molecule has 2 rings (SSSR count). The Kier molecular flexibility index (Phi) is 5.34. The van der Waals surface area contributed by atoms with Gasteiger partial charge in [-0.1, -0.05) is 23.8 Å². The average Bonchev–Trinajstić information content (AvgIpc) is 2.47. The summed E-state index contributed by atoms with van der Waals surface area (Å²) in [5.74, 6) is -1.68. The summed E-state index contributed by atoms with van der Waals surface area (Å²) in [6, 6.07) is 8.24. The first kappa shape index (κ1) is 17.7. The molecular weight excluding hydrogens is 309 g/mol. The molecule has 0 aromatic heterocycles. The SMILES string of the molecule is Cc1cc(C)c(C(=O)OCC(=O)Nc2ccc(C)cc2F)c(C)c1. The van der Waals surface area contributed by atoms with Crippen LogP contribution in [-0.2, 0) is 9.53 Å². The van der Waals surface area contributed by atoms with Gasteiger partial charge in [0.15, 0.2) is 6.61 Å². The number of carbonyl (C=O) groups is 2. The van der Waals surface area contributed by atoms with Gasteiger partial charge in [0, 0.05) is 0 Å². The highest BCUT2D eigenvalue weighted by Gasteiger charge is 2.16. The number of hydrogen-bond donors (Lipinski definition) is 1. The normalized spacial score (nSPS) is 10.4. The Hall–Kier alpha value is -2.69. The number of hydrogen-bond acceptors (Lipinski definition) is 3. The van der Waals surface area contributed by atoms with Crippen LogP contribution < -0.4 is 5.32 Å². The minimum Gasteiger partial charge on any atom is -0.452 e. The number of anilines is 1. The third kappa shape index (κ3) is 4.19. The molecule has 0 spiro atoms. The van der Waals surface area contributed by atoms with Gasteiger partial charge in [0.25, 0.3) is 5.91 Å². The Bertz CT molecular complexity index is 776. The van der Waals surface area contributed by atoms with E-state index in [0.717, 1.165) is 22.3 Å². The first-order valence-electron chi connectivity index (χ1n) is 7.59. The van der Waals surface area contributed by atoms with E-state index in [1.54, 1.807) is 13.0 Å². The maximum absolute atomic E-state index is 13.7. The van der Waals surface area contributed by atoms with Gasteiger partial charge in [-0.05, 0) is 56.5 Å². The highest BCUT2D eigenvalue weighted by molar-refractivity contribution is 5.97. The van der Waals surface area contributed by atoms with Gasteiger partial charge < -0.3 is 10.1 Å². The highest BCUT2D eigenvalue weighted by atomic mass is 19.1. The van der Waals surface area contributed by atoms with E-state index in [1.807, 2.05) is 32.9 Å². The van der Waals surface area contributed by atoms with Crippen LogP contribution in [0.2, 0.25) is 0 Å². The molecule has 0 aliphatic carbocycles. The topological polar surface area (TPSA) is 55.4 Å². The lowest BCUT2D eigenvalue weighted by Gasteiger charge is -2.11. The lowest BCUT2D eigenvalue weighted by atomic mass is 10.00. The van der Waals surface area contributed by atoms with Crippen molar-refractivity contribution in [2.24, 2.45) is 0 Å². The predicted octanol–water partition coefficient (Wildman–Crippen LogP) is 3.85. The number of rotatable bonds is 4. The molecule has 0 atom stereocenters. The van der Waals surface area contributed by atoms with Crippen LogP contribution in [0.15, 0.2) is 30.3 Å². The van der Waals surface area contributed by atoms with E-state index in [2.05, 4.69) is 5.32 Å². The van der Waals surface area contributed by atoms with E-state index < -0.39 is 24.3 Å². The molecule has 0 radical (unpaired) electrons. The van der Waals surface area contributed by atoms with Crippen LogP contribution in [0, 0.1) is 33.5 Å². The lowest BCUT2D eigenvalue weighted by Crippen LogP contribution is -2.22. The quantitative estimate of drug-likeness (QED) is 0.867. The van der Waals surface area contributed by atoms with Crippen LogP contribution in [0.25, 0.3) is 0 Å². The minimum atomic E-state index is -0.589. The van der Waals surface area contributed by atoms with E-state index in [1.165, 1.54) is 12.1 Å². The third-order valence-electron chi connectivity index (χ3n) is 3.61. The molecule has 0 saturated carbocycles. The highest BCUT2D eigenvalue weighted by Crippen LogP contribution is 2.18. The summed E-state index contributed by atoms with van der Waals surface area (Å²) in [6.07, 6.45) is 0. The van der Waals surface area contributed by atoms with Gasteiger partial charge in [0.05, 0.1) is 11.3 Å². The number of esters is 1. The number of nitrogens with one attached hydrogen (secondary N) is 1. The van der Waals surface area contributed by atoms with Crippen molar-refractivity contribution >= 4 is 17.6 Å². The van der Waals surface area contributed by atoms with Crippen molar-refractivity contribution in [1.82, 2.24) is 0 Å². The van der Waals surface area contributed by atoms with Crippen LogP contribution in [0.5, 0.6) is 0 Å². The van der Waals surface area contributed by atoms with Gasteiger partial charge in [-0.15, -0.1) is 0 Å². The van der Waals surface area contributed by atoms with Gasteiger partial charge in [0.2, 0.25) is 0 Å². The lowest BCUT2D eigenvalue weighted by molar-refractivity contribution is -0.119. The zero-order chi connectivity index (χ0) is 17.9. The van der Waals surface area contributed by atoms with Crippen LogP contribution in [0.3, 0.4) is 0 Å². The molecule has 4 nitrogen and oxygen atoms in total. The van der Waals surface area contributed by atoms with Crippen LogP contribution in [0.1, 0.15) is 32.6 Å². The van der Waals surface area contributed by atoms with Crippen molar-refractivity contribution in [3.8, 4) is 0 Å². The van der Waals surface area contributed by atoms with E-state index in [4.69, 9.17) is 4.74 Å². The van der Waals surface area contributed by atoms with Crippen LogP contribution in [-0.4, -0.2) is 18.5 Å². The molecular formula is C19H20FNO3. The Morgan fingerprint density at radius 2 is 1.62 bits per heavy atom. The van der Waals surface area contributed by atoms with Gasteiger partial charge in [-0.3, -0.25) is 4.79 Å². The summed E-state index contributed by atoms with van der Waals surface area (Å²) >= 11 is 0. The van der Waals surface area contributed by atoms with Crippen molar-refractivity contribution in [2.45, 2.75) is 27.7 Å². The van der Waals surface area contributed by atoms with Crippen molar-refractivity contribution in [2.75, 3.05) is 11.9 Å². The van der Waals surface area contributed by atoms with Gasteiger partial charge >= 0.3 is 5.97 Å². The second-order valence-corrected chi connectivity index (χ2v) is 5.88.